The van der Waals surface area contributed by atoms with E-state index in [-0.39, 0.29) is 0 Å². The first kappa shape index (κ1) is 10.8. The van der Waals surface area contributed by atoms with Crippen molar-refractivity contribution in [3.63, 3.8) is 0 Å². The largest absolute Gasteiger partial charge is 0.330 e. The van der Waals surface area contributed by atoms with Gasteiger partial charge in [-0.25, -0.2) is 0 Å². The quantitative estimate of drug-likeness (QED) is 0.753. The van der Waals surface area contributed by atoms with E-state index in [2.05, 4.69) is 34.7 Å². The van der Waals surface area contributed by atoms with Crippen molar-refractivity contribution in [1.29, 1.82) is 0 Å². The van der Waals surface area contributed by atoms with E-state index in [0.717, 1.165) is 16.6 Å². The van der Waals surface area contributed by atoms with Gasteiger partial charge in [0.25, 0.3) is 0 Å². The molecule has 3 heteroatoms. The second-order valence-electron chi connectivity index (χ2n) is 6.01. The van der Waals surface area contributed by atoms with Crippen LogP contribution in [0.15, 0.2) is 18.2 Å². The average Bonchev–Trinajstić information content (AvgIpc) is 3.02. The van der Waals surface area contributed by atoms with Crippen LogP contribution in [0.1, 0.15) is 37.3 Å². The van der Waals surface area contributed by atoms with Crippen LogP contribution in [0.2, 0.25) is 0 Å². The molecule has 4 rings (SSSR count). The predicted octanol–water partition coefficient (Wildman–Crippen LogP) is 4.37. The number of aryl methyl sites for hydroxylation is 1. The molecule has 0 radical (unpaired) electrons. The van der Waals surface area contributed by atoms with E-state index >= 15 is 0 Å². The number of nitrogens with zero attached hydrogens (tertiary/aromatic N) is 1. The number of rotatable bonds is 1. The minimum atomic E-state index is 0.645. The molecule has 0 saturated heterocycles. The molecule has 2 aliphatic rings. The molecule has 3 atom stereocenters. The molecule has 0 aliphatic heterocycles. The highest BCUT2D eigenvalue weighted by Gasteiger charge is 2.41. The van der Waals surface area contributed by atoms with Crippen molar-refractivity contribution in [2.24, 2.45) is 11.8 Å². The first-order chi connectivity index (χ1) is 8.74. The summed E-state index contributed by atoms with van der Waals surface area (Å²) in [6.45, 7) is 2.15. The zero-order valence-corrected chi connectivity index (χ0v) is 11.5. The molecule has 1 aromatic heterocycles. The van der Waals surface area contributed by atoms with Gasteiger partial charge in [0, 0.05) is 6.04 Å². The van der Waals surface area contributed by atoms with Crippen molar-refractivity contribution < 1.29 is 0 Å². The van der Waals surface area contributed by atoms with Crippen molar-refractivity contribution in [2.75, 3.05) is 0 Å². The smallest absolute Gasteiger partial charge is 0.178 e. The minimum absolute atomic E-state index is 0.645. The lowest BCUT2D eigenvalue weighted by Gasteiger charge is -2.23. The molecule has 18 heavy (non-hydrogen) atoms. The maximum absolute atomic E-state index is 5.57. The molecule has 3 unspecified atom stereocenters. The fraction of sp³-hybridized carbons (Fsp3) is 0.533. The summed E-state index contributed by atoms with van der Waals surface area (Å²) in [5.74, 6) is 1.82. The second-order valence-corrected chi connectivity index (χ2v) is 6.40. The van der Waals surface area contributed by atoms with Gasteiger partial charge in [-0.1, -0.05) is 18.6 Å². The number of aromatic amines is 1. The third-order valence-electron chi connectivity index (χ3n) is 4.99. The second kappa shape index (κ2) is 3.70. The molecule has 1 N–H and O–H groups in total. The van der Waals surface area contributed by atoms with Crippen molar-refractivity contribution >= 4 is 23.3 Å². The van der Waals surface area contributed by atoms with E-state index in [4.69, 9.17) is 12.2 Å². The zero-order valence-electron chi connectivity index (χ0n) is 10.6. The monoisotopic (exact) mass is 258 g/mol. The maximum Gasteiger partial charge on any atom is 0.178 e. The van der Waals surface area contributed by atoms with Crippen LogP contribution in [0.25, 0.3) is 11.0 Å². The average molecular weight is 258 g/mol. The molecule has 1 heterocycles. The van der Waals surface area contributed by atoms with E-state index < -0.39 is 0 Å². The zero-order chi connectivity index (χ0) is 12.3. The highest BCUT2D eigenvalue weighted by atomic mass is 32.1. The van der Waals surface area contributed by atoms with Gasteiger partial charge in [-0.05, 0) is 61.9 Å². The summed E-state index contributed by atoms with van der Waals surface area (Å²) in [7, 11) is 0. The SMILES string of the molecule is Cc1cccc2c1[nH]c(=S)n2C1CC2CCC1C2. The molecule has 2 fully saturated rings. The Bertz CT molecular complexity index is 667. The van der Waals surface area contributed by atoms with Crippen molar-refractivity contribution in [3.8, 4) is 0 Å². The lowest BCUT2D eigenvalue weighted by Crippen LogP contribution is -2.16. The first-order valence-corrected chi connectivity index (χ1v) is 7.34. The number of hydrogen-bond acceptors (Lipinski definition) is 1. The summed E-state index contributed by atoms with van der Waals surface area (Å²) >= 11 is 5.57. The van der Waals surface area contributed by atoms with E-state index in [1.54, 1.807) is 0 Å². The summed E-state index contributed by atoms with van der Waals surface area (Å²) in [6.07, 6.45) is 5.59. The summed E-state index contributed by atoms with van der Waals surface area (Å²) in [6, 6.07) is 7.15. The van der Waals surface area contributed by atoms with Gasteiger partial charge in [-0.15, -0.1) is 0 Å². The highest BCUT2D eigenvalue weighted by Crippen LogP contribution is 2.51. The van der Waals surface area contributed by atoms with Crippen LogP contribution in [-0.4, -0.2) is 9.55 Å². The Morgan fingerprint density at radius 2 is 2.17 bits per heavy atom. The fourth-order valence-electron chi connectivity index (χ4n) is 4.15. The van der Waals surface area contributed by atoms with E-state index in [1.165, 1.54) is 42.3 Å². The van der Waals surface area contributed by atoms with Gasteiger partial charge < -0.3 is 9.55 Å². The molecule has 2 saturated carbocycles. The maximum atomic E-state index is 5.57. The van der Waals surface area contributed by atoms with Crippen LogP contribution < -0.4 is 0 Å². The molecular weight excluding hydrogens is 240 g/mol. The number of hydrogen-bond donors (Lipinski definition) is 1. The summed E-state index contributed by atoms with van der Waals surface area (Å²) < 4.78 is 3.32. The van der Waals surface area contributed by atoms with Crippen LogP contribution in [0, 0.1) is 23.5 Å². The third-order valence-corrected chi connectivity index (χ3v) is 5.29. The van der Waals surface area contributed by atoms with E-state index in [0.29, 0.717) is 6.04 Å². The first-order valence-electron chi connectivity index (χ1n) is 6.94. The van der Waals surface area contributed by atoms with Crippen molar-refractivity contribution in [1.82, 2.24) is 9.55 Å². The number of nitrogens with one attached hydrogen (secondary N) is 1. The Hall–Kier alpha value is -1.09. The van der Waals surface area contributed by atoms with Crippen LogP contribution in [0.3, 0.4) is 0 Å². The van der Waals surface area contributed by atoms with Crippen molar-refractivity contribution in [2.45, 2.75) is 38.6 Å². The van der Waals surface area contributed by atoms with Gasteiger partial charge in [0.1, 0.15) is 0 Å². The van der Waals surface area contributed by atoms with Gasteiger partial charge in [0.2, 0.25) is 0 Å². The number of aromatic nitrogens is 2. The van der Waals surface area contributed by atoms with Gasteiger partial charge in [0.05, 0.1) is 11.0 Å². The molecule has 94 valence electrons. The Balaban J connectivity index is 1.92. The Morgan fingerprint density at radius 3 is 2.89 bits per heavy atom. The number of fused-ring (bicyclic) bond motifs is 3. The summed E-state index contributed by atoms with van der Waals surface area (Å²) in [4.78, 5) is 3.41. The normalized spacial score (nSPS) is 30.4. The molecule has 1 aromatic carbocycles. The van der Waals surface area contributed by atoms with E-state index in [9.17, 15) is 0 Å². The van der Waals surface area contributed by atoms with Crippen LogP contribution in [0.5, 0.6) is 0 Å². The van der Waals surface area contributed by atoms with Crippen molar-refractivity contribution in [3.05, 3.63) is 28.5 Å². The molecular formula is C15H18N2S. The number of para-hydroxylation sites is 1. The predicted molar refractivity (Wildman–Crippen MR) is 76.3 cm³/mol. The molecule has 2 nitrogen and oxygen atoms in total. The lowest BCUT2D eigenvalue weighted by molar-refractivity contribution is 0.333. The van der Waals surface area contributed by atoms with Gasteiger partial charge in [-0.2, -0.15) is 0 Å². The molecule has 0 amide bonds. The number of H-pyrrole nitrogens is 1. The number of imidazole rings is 1. The van der Waals surface area contributed by atoms with Gasteiger partial charge >= 0.3 is 0 Å². The summed E-state index contributed by atoms with van der Waals surface area (Å²) in [5.41, 5.74) is 3.82. The molecule has 0 spiro atoms. The molecule has 2 aromatic rings. The summed E-state index contributed by atoms with van der Waals surface area (Å²) in [5, 5.41) is 0. The minimum Gasteiger partial charge on any atom is -0.330 e. The standard InChI is InChI=1S/C15H18N2S/c1-9-3-2-4-12-14(9)16-15(18)17(12)13-8-10-5-6-11(13)7-10/h2-4,10-11,13H,5-8H2,1H3,(H,16,18). The van der Waals surface area contributed by atoms with Crippen LogP contribution >= 0.6 is 12.2 Å². The Labute approximate surface area is 112 Å². The highest BCUT2D eigenvalue weighted by molar-refractivity contribution is 7.71. The molecule has 2 aliphatic carbocycles. The Kier molecular flexibility index (Phi) is 2.22. The van der Waals surface area contributed by atoms with Crippen LogP contribution in [-0.2, 0) is 0 Å². The van der Waals surface area contributed by atoms with Crippen LogP contribution in [0.4, 0.5) is 0 Å². The Morgan fingerprint density at radius 1 is 1.28 bits per heavy atom. The fourth-order valence-corrected chi connectivity index (χ4v) is 4.48. The molecule has 2 bridgehead atoms. The van der Waals surface area contributed by atoms with Gasteiger partial charge in [0.15, 0.2) is 4.77 Å². The van der Waals surface area contributed by atoms with Gasteiger partial charge in [-0.3, -0.25) is 0 Å². The topological polar surface area (TPSA) is 20.7 Å². The van der Waals surface area contributed by atoms with E-state index in [1.807, 2.05) is 0 Å². The lowest BCUT2D eigenvalue weighted by atomic mass is 9.95. The number of benzene rings is 1. The third kappa shape index (κ3) is 1.37.